The highest BCUT2D eigenvalue weighted by Gasteiger charge is 2.30. The van der Waals surface area contributed by atoms with Crippen molar-refractivity contribution in [1.82, 2.24) is 4.98 Å². The zero-order chi connectivity index (χ0) is 15.5. The molecule has 110 valence electrons. The van der Waals surface area contributed by atoms with Crippen LogP contribution in [0.5, 0.6) is 5.75 Å². The molecule has 2 rings (SSSR count). The molecule has 1 aromatic carbocycles. The number of hydrogen-bond acceptors (Lipinski definition) is 3. The van der Waals surface area contributed by atoms with Crippen molar-refractivity contribution < 1.29 is 27.8 Å². The van der Waals surface area contributed by atoms with Crippen molar-refractivity contribution in [3.8, 4) is 5.75 Å². The van der Waals surface area contributed by atoms with E-state index in [1.807, 2.05) is 0 Å². The first-order chi connectivity index (χ1) is 9.88. The van der Waals surface area contributed by atoms with Crippen molar-refractivity contribution in [2.75, 3.05) is 0 Å². The Hall–Kier alpha value is -2.57. The van der Waals surface area contributed by atoms with Gasteiger partial charge in [0.15, 0.2) is 0 Å². The molecular formula is C14H10F3NO3. The SMILES string of the molecule is O=C(O)c1cnccc1COc1cccc(C(F)(F)F)c1. The van der Waals surface area contributed by atoms with E-state index in [4.69, 9.17) is 9.84 Å². The van der Waals surface area contributed by atoms with E-state index in [2.05, 4.69) is 4.98 Å². The van der Waals surface area contributed by atoms with E-state index in [1.165, 1.54) is 24.4 Å². The summed E-state index contributed by atoms with van der Waals surface area (Å²) in [5.74, 6) is -1.16. The van der Waals surface area contributed by atoms with Gasteiger partial charge in [-0.2, -0.15) is 13.2 Å². The molecule has 0 saturated carbocycles. The van der Waals surface area contributed by atoms with Crippen LogP contribution in [0.2, 0.25) is 0 Å². The lowest BCUT2D eigenvalue weighted by Gasteiger charge is -2.11. The number of ether oxygens (including phenoxy) is 1. The molecule has 21 heavy (non-hydrogen) atoms. The van der Waals surface area contributed by atoms with Crippen molar-refractivity contribution in [1.29, 1.82) is 0 Å². The van der Waals surface area contributed by atoms with E-state index in [1.54, 1.807) is 0 Å². The second-order valence-electron chi connectivity index (χ2n) is 4.15. The molecule has 0 fully saturated rings. The maximum atomic E-state index is 12.6. The van der Waals surface area contributed by atoms with E-state index >= 15 is 0 Å². The van der Waals surface area contributed by atoms with Gasteiger partial charge >= 0.3 is 12.1 Å². The predicted molar refractivity (Wildman–Crippen MR) is 67.0 cm³/mol. The number of rotatable bonds is 4. The molecule has 0 aliphatic heterocycles. The monoisotopic (exact) mass is 297 g/mol. The number of carboxylic acid groups (broad SMARTS) is 1. The van der Waals surface area contributed by atoms with Crippen LogP contribution in [0.3, 0.4) is 0 Å². The third kappa shape index (κ3) is 3.71. The Morgan fingerprint density at radius 1 is 1.29 bits per heavy atom. The molecule has 4 nitrogen and oxygen atoms in total. The summed E-state index contributed by atoms with van der Waals surface area (Å²) in [6, 6.07) is 5.83. The lowest BCUT2D eigenvalue weighted by atomic mass is 10.1. The van der Waals surface area contributed by atoms with Gasteiger partial charge in [0.1, 0.15) is 12.4 Å². The summed E-state index contributed by atoms with van der Waals surface area (Å²) in [5.41, 5.74) is -0.549. The van der Waals surface area contributed by atoms with Crippen LogP contribution < -0.4 is 4.74 Å². The summed E-state index contributed by atoms with van der Waals surface area (Å²) >= 11 is 0. The number of alkyl halides is 3. The van der Waals surface area contributed by atoms with Crippen LogP contribution in [0.25, 0.3) is 0 Å². The van der Waals surface area contributed by atoms with Crippen molar-refractivity contribution >= 4 is 5.97 Å². The predicted octanol–water partition coefficient (Wildman–Crippen LogP) is 3.38. The van der Waals surface area contributed by atoms with E-state index in [-0.39, 0.29) is 17.9 Å². The molecule has 0 amide bonds. The number of hydrogen-bond donors (Lipinski definition) is 1. The maximum absolute atomic E-state index is 12.6. The highest BCUT2D eigenvalue weighted by Crippen LogP contribution is 2.31. The summed E-state index contributed by atoms with van der Waals surface area (Å²) in [7, 11) is 0. The summed E-state index contributed by atoms with van der Waals surface area (Å²) in [6.45, 7) is -0.161. The van der Waals surface area contributed by atoms with Gasteiger partial charge in [-0.1, -0.05) is 6.07 Å². The van der Waals surface area contributed by atoms with Crippen LogP contribution in [-0.4, -0.2) is 16.1 Å². The Labute approximate surface area is 117 Å². The Balaban J connectivity index is 2.16. The van der Waals surface area contributed by atoms with Crippen LogP contribution in [-0.2, 0) is 12.8 Å². The van der Waals surface area contributed by atoms with Crippen LogP contribution in [0.1, 0.15) is 21.5 Å². The molecule has 0 atom stereocenters. The summed E-state index contributed by atoms with van der Waals surface area (Å²) < 4.78 is 42.9. The molecular weight excluding hydrogens is 287 g/mol. The van der Waals surface area contributed by atoms with Crippen molar-refractivity contribution in [3.63, 3.8) is 0 Å². The van der Waals surface area contributed by atoms with Gasteiger partial charge in [-0.3, -0.25) is 4.98 Å². The number of pyridine rings is 1. The molecule has 0 bridgehead atoms. The van der Waals surface area contributed by atoms with Gasteiger partial charge in [0.25, 0.3) is 0 Å². The second-order valence-corrected chi connectivity index (χ2v) is 4.15. The number of nitrogens with zero attached hydrogens (tertiary/aromatic N) is 1. The first-order valence-electron chi connectivity index (χ1n) is 5.84. The van der Waals surface area contributed by atoms with Crippen molar-refractivity contribution in [2.24, 2.45) is 0 Å². The van der Waals surface area contributed by atoms with E-state index in [9.17, 15) is 18.0 Å². The van der Waals surface area contributed by atoms with Gasteiger partial charge < -0.3 is 9.84 Å². The second kappa shape index (κ2) is 5.82. The highest BCUT2D eigenvalue weighted by atomic mass is 19.4. The Kier molecular flexibility index (Phi) is 4.11. The average Bonchev–Trinajstić information content (AvgIpc) is 2.45. The molecule has 1 N–H and O–H groups in total. The molecule has 1 aromatic heterocycles. The van der Waals surface area contributed by atoms with Crippen molar-refractivity contribution in [3.05, 3.63) is 59.4 Å². The lowest BCUT2D eigenvalue weighted by Crippen LogP contribution is -2.07. The maximum Gasteiger partial charge on any atom is 0.416 e. The Bertz CT molecular complexity index is 656. The zero-order valence-corrected chi connectivity index (χ0v) is 10.6. The number of aromatic nitrogens is 1. The molecule has 0 aliphatic rings. The zero-order valence-electron chi connectivity index (χ0n) is 10.6. The van der Waals surface area contributed by atoms with E-state index < -0.39 is 17.7 Å². The molecule has 0 aliphatic carbocycles. The van der Waals surface area contributed by atoms with Crippen molar-refractivity contribution in [2.45, 2.75) is 12.8 Å². The van der Waals surface area contributed by atoms with Crippen LogP contribution in [0.4, 0.5) is 13.2 Å². The number of benzene rings is 1. The molecule has 1 heterocycles. The number of carbonyl (C=O) groups is 1. The fraction of sp³-hybridized carbons (Fsp3) is 0.143. The first-order valence-corrected chi connectivity index (χ1v) is 5.84. The van der Waals surface area contributed by atoms with Gasteiger partial charge in [-0.15, -0.1) is 0 Å². The average molecular weight is 297 g/mol. The van der Waals surface area contributed by atoms with E-state index in [0.29, 0.717) is 5.56 Å². The highest BCUT2D eigenvalue weighted by molar-refractivity contribution is 5.88. The molecule has 0 radical (unpaired) electrons. The molecule has 0 saturated heterocycles. The number of carboxylic acids is 1. The third-order valence-corrected chi connectivity index (χ3v) is 2.70. The fourth-order valence-electron chi connectivity index (χ4n) is 1.66. The summed E-state index contributed by atoms with van der Waals surface area (Å²) in [5, 5.41) is 8.97. The minimum Gasteiger partial charge on any atom is -0.489 e. The quantitative estimate of drug-likeness (QED) is 0.940. The third-order valence-electron chi connectivity index (χ3n) is 2.70. The van der Waals surface area contributed by atoms with Gasteiger partial charge in [-0.25, -0.2) is 4.79 Å². The smallest absolute Gasteiger partial charge is 0.416 e. The summed E-state index contributed by atoms with van der Waals surface area (Å²) in [4.78, 5) is 14.7. The van der Waals surface area contributed by atoms with Gasteiger partial charge in [0, 0.05) is 18.0 Å². The Morgan fingerprint density at radius 3 is 2.71 bits per heavy atom. The molecule has 7 heteroatoms. The molecule has 0 spiro atoms. The van der Waals surface area contributed by atoms with Crippen LogP contribution in [0.15, 0.2) is 42.7 Å². The fourth-order valence-corrected chi connectivity index (χ4v) is 1.66. The van der Waals surface area contributed by atoms with Crippen LogP contribution >= 0.6 is 0 Å². The molecule has 2 aromatic rings. The normalized spacial score (nSPS) is 11.2. The number of aromatic carboxylic acids is 1. The first kappa shape index (κ1) is 14.8. The molecule has 0 unspecified atom stereocenters. The standard InChI is InChI=1S/C14H10F3NO3/c15-14(16,17)10-2-1-3-11(6-10)21-8-9-4-5-18-7-12(9)13(19)20/h1-7H,8H2,(H,19,20). The number of halogens is 3. The minimum atomic E-state index is -4.46. The topological polar surface area (TPSA) is 59.4 Å². The van der Waals surface area contributed by atoms with Crippen LogP contribution in [0, 0.1) is 0 Å². The van der Waals surface area contributed by atoms with Gasteiger partial charge in [-0.05, 0) is 24.3 Å². The minimum absolute atomic E-state index is 0.0120. The lowest BCUT2D eigenvalue weighted by molar-refractivity contribution is -0.137. The van der Waals surface area contributed by atoms with E-state index in [0.717, 1.165) is 18.3 Å². The summed E-state index contributed by atoms with van der Waals surface area (Å²) in [6.07, 6.45) is -1.91. The largest absolute Gasteiger partial charge is 0.489 e. The van der Waals surface area contributed by atoms with Gasteiger partial charge in [0.05, 0.1) is 11.1 Å². The Morgan fingerprint density at radius 2 is 2.05 bits per heavy atom. The van der Waals surface area contributed by atoms with Gasteiger partial charge in [0.2, 0.25) is 0 Å².